The first-order valence-corrected chi connectivity index (χ1v) is 31.6. The van der Waals surface area contributed by atoms with E-state index in [2.05, 4.69) is 0 Å². The first-order valence-electron chi connectivity index (χ1n) is 18.4. The Hall–Kier alpha value is -2.03. The molecule has 0 saturated heterocycles. The molecule has 0 amide bonds. The van der Waals surface area contributed by atoms with Crippen LogP contribution in [-0.2, 0) is 36.2 Å². The van der Waals surface area contributed by atoms with Crippen LogP contribution in [0, 0.1) is 0 Å². The highest BCUT2D eigenvalue weighted by molar-refractivity contribution is 7.88. The van der Waals surface area contributed by atoms with Crippen molar-refractivity contribution in [2.75, 3.05) is 42.3 Å². The van der Waals surface area contributed by atoms with Crippen molar-refractivity contribution in [1.29, 1.82) is 0 Å². The van der Waals surface area contributed by atoms with E-state index in [1.807, 2.05) is 102 Å². The molecule has 320 valence electrons. The summed E-state index contributed by atoms with van der Waals surface area (Å²) in [7, 11) is -14.4. The number of nitrogens with zero attached hydrogens (tertiary/aromatic N) is 9. The van der Waals surface area contributed by atoms with Crippen LogP contribution in [0.5, 0.6) is 0 Å². The molecule has 3 rings (SSSR count). The smallest absolute Gasteiger partial charge is 0.308 e. The summed E-state index contributed by atoms with van der Waals surface area (Å²) in [5.74, 6) is 0. The Morgan fingerprint density at radius 1 is 0.464 bits per heavy atom. The van der Waals surface area contributed by atoms with Crippen LogP contribution in [0.4, 0.5) is 0 Å². The summed E-state index contributed by atoms with van der Waals surface area (Å²) >= 11 is 0. The molecule has 3 aromatic heterocycles. The van der Waals surface area contributed by atoms with Gasteiger partial charge in [0.05, 0.1) is 35.7 Å². The molecule has 0 aliphatic carbocycles. The average Bonchev–Trinajstić information content (AvgIpc) is 3.77. The predicted octanol–water partition coefficient (Wildman–Crippen LogP) is 2.67. The van der Waals surface area contributed by atoms with Gasteiger partial charge in [-0.25, -0.2) is 26.9 Å². The van der Waals surface area contributed by atoms with Gasteiger partial charge in [0, 0.05) is 42.3 Å². The van der Waals surface area contributed by atoms with Gasteiger partial charge < -0.3 is 5.11 Å². The first kappa shape index (κ1) is 48.3. The highest BCUT2D eigenvalue weighted by Crippen LogP contribution is 2.43. The monoisotopic (exact) mass is 893 g/mol. The number of rotatable bonds is 12. The molecule has 3 heterocycles. The number of hydrogen-bond acceptors (Lipinski definition) is 10. The molecule has 0 spiro atoms. The summed E-state index contributed by atoms with van der Waals surface area (Å²) in [6.07, 6.45) is 3.65. The van der Waals surface area contributed by atoms with Gasteiger partial charge in [0.15, 0.2) is 5.60 Å². The third kappa shape index (κ3) is 7.30. The fourth-order valence-electron chi connectivity index (χ4n) is 5.58. The molecule has 0 bridgehead atoms. The molecule has 56 heavy (non-hydrogen) atoms. The Kier molecular flexibility index (Phi) is 12.4. The van der Waals surface area contributed by atoms with E-state index >= 15 is 0 Å². The predicted molar refractivity (Wildman–Crippen MR) is 233 cm³/mol. The zero-order chi connectivity index (χ0) is 44.2. The Labute approximate surface area is 339 Å². The van der Waals surface area contributed by atoms with E-state index in [1.165, 1.54) is 60.9 Å². The van der Waals surface area contributed by atoms with Crippen LogP contribution >= 0.6 is 0 Å². The molecule has 0 unspecified atom stereocenters. The average molecular weight is 894 g/mol. The third-order valence-electron chi connectivity index (χ3n) is 12.7. The van der Waals surface area contributed by atoms with E-state index in [1.54, 1.807) is 0 Å². The van der Waals surface area contributed by atoms with Crippen molar-refractivity contribution >= 4 is 71.2 Å². The molecule has 3 aromatic rings. The van der Waals surface area contributed by atoms with Gasteiger partial charge >= 0.3 is 30.6 Å². The Bertz CT molecular complexity index is 2050. The molecule has 22 heteroatoms. The molecule has 0 aliphatic rings. The molecule has 1 N–H and O–H groups in total. The number of aliphatic hydroxyl groups is 1. The summed E-state index contributed by atoms with van der Waals surface area (Å²) in [5, 5.41) is 12.7. The normalized spacial score (nSPS) is 15.2. The summed E-state index contributed by atoms with van der Waals surface area (Å²) in [6.45, 7) is 29.7. The minimum atomic E-state index is -4.56. The zero-order valence-corrected chi connectivity index (χ0v) is 42.8. The fraction of sp³-hybridized carbons (Fsp3) is 0.735. The van der Waals surface area contributed by atoms with E-state index in [0.717, 1.165) is 24.8 Å². The minimum Gasteiger partial charge on any atom is -0.372 e. The quantitative estimate of drug-likeness (QED) is 0.265. The van der Waals surface area contributed by atoms with Gasteiger partial charge in [-0.3, -0.25) is 0 Å². The van der Waals surface area contributed by atoms with Crippen molar-refractivity contribution in [3.63, 3.8) is 0 Å². The van der Waals surface area contributed by atoms with Crippen molar-refractivity contribution in [2.45, 2.75) is 122 Å². The summed E-state index contributed by atoms with van der Waals surface area (Å²) in [6, 6.07) is 0. The molecule has 0 aromatic carbocycles. The van der Waals surface area contributed by atoms with Crippen LogP contribution in [0.3, 0.4) is 0 Å². The number of imidazole rings is 3. The maximum atomic E-state index is 14.8. The second-order valence-electron chi connectivity index (χ2n) is 19.9. The second kappa shape index (κ2) is 14.3. The summed E-state index contributed by atoms with van der Waals surface area (Å²) < 4.78 is 94.5. The highest BCUT2D eigenvalue weighted by Gasteiger charge is 2.55. The van der Waals surface area contributed by atoms with Crippen LogP contribution in [0.1, 0.15) is 79.4 Å². The highest BCUT2D eigenvalue weighted by atomic mass is 32.2. The van der Waals surface area contributed by atoms with E-state index in [0.29, 0.717) is 0 Å². The van der Waals surface area contributed by atoms with E-state index in [4.69, 9.17) is 15.0 Å². The van der Waals surface area contributed by atoms with Gasteiger partial charge in [-0.1, -0.05) is 102 Å². The maximum absolute atomic E-state index is 14.8. The van der Waals surface area contributed by atoms with Gasteiger partial charge in [-0.2, -0.15) is 38.2 Å². The van der Waals surface area contributed by atoms with Crippen molar-refractivity contribution < 1.29 is 30.4 Å². The second-order valence-corrected chi connectivity index (χ2v) is 41.5. The van der Waals surface area contributed by atoms with Crippen LogP contribution in [0.15, 0.2) is 18.6 Å². The Balaban J connectivity index is 3.00. The van der Waals surface area contributed by atoms with E-state index < -0.39 is 75.6 Å². The van der Waals surface area contributed by atoms with E-state index in [9.17, 15) is 30.4 Å². The molecule has 0 fully saturated rings. The number of hydrogen-bond donors (Lipinski definition) is 1. The molecule has 0 saturated carbocycles. The molecular weight excluding hydrogens is 827 g/mol. The van der Waals surface area contributed by atoms with Gasteiger partial charge in [-0.15, -0.1) is 0 Å². The van der Waals surface area contributed by atoms with E-state index in [-0.39, 0.29) is 33.4 Å². The summed E-state index contributed by atoms with van der Waals surface area (Å²) in [5.41, 5.74) is -3.54. The lowest BCUT2D eigenvalue weighted by atomic mass is 9.93. The largest absolute Gasteiger partial charge is 0.372 e. The van der Waals surface area contributed by atoms with Crippen LogP contribution in [-0.4, -0.2) is 137 Å². The molecule has 0 radical (unpaired) electrons. The maximum Gasteiger partial charge on any atom is 0.308 e. The standard InChI is InChI=1S/C34H67N9O7S3Si3/c1-31(2,3)54(16,17)28-35-22-25(41(28)51(45,46)38(10)11)34(44,26-23-36-29(55(18,19)32(4,5)6)42(26)52(47,48)39(12)13)27-24-37-30(56(20,21)33(7,8)9)43(27)53(49,50)40(14)15/h22-24,44H,1-21H3. The van der Waals surface area contributed by atoms with Crippen LogP contribution in [0.2, 0.25) is 54.4 Å². The Morgan fingerprint density at radius 2 is 0.643 bits per heavy atom. The van der Waals surface area contributed by atoms with Crippen molar-refractivity contribution in [2.24, 2.45) is 0 Å². The third-order valence-corrected chi connectivity index (χ3v) is 34.1. The van der Waals surface area contributed by atoms with Crippen molar-refractivity contribution in [3.05, 3.63) is 35.7 Å². The SMILES string of the molecule is CN(C)S(=O)(=O)n1c(C(O)(c2cnc([Si](C)(C)C(C)(C)C)n2S(=O)(=O)N(C)C)c2cnc([Si](C)(C)C(C)(C)C)n2S(=O)(=O)N(C)C)cnc1[Si](C)(C)C(C)(C)C. The van der Waals surface area contributed by atoms with Gasteiger partial charge in [0.1, 0.15) is 40.6 Å². The molecule has 16 nitrogen and oxygen atoms in total. The minimum absolute atomic E-state index is 0.171. The first-order chi connectivity index (χ1) is 24.6. The number of aromatic nitrogens is 6. The van der Waals surface area contributed by atoms with Crippen LogP contribution < -0.4 is 16.3 Å². The van der Waals surface area contributed by atoms with Gasteiger partial charge in [0.2, 0.25) is 0 Å². The Morgan fingerprint density at radius 3 is 0.786 bits per heavy atom. The lowest BCUT2D eigenvalue weighted by molar-refractivity contribution is 0.108. The lowest BCUT2D eigenvalue weighted by Gasteiger charge is -2.39. The van der Waals surface area contributed by atoms with Gasteiger partial charge in [0.25, 0.3) is 0 Å². The molecule has 0 aliphatic heterocycles. The lowest BCUT2D eigenvalue weighted by Crippen LogP contribution is -2.59. The molecule has 0 atom stereocenters. The van der Waals surface area contributed by atoms with Crippen molar-refractivity contribution in [1.82, 2.24) is 39.8 Å². The van der Waals surface area contributed by atoms with Gasteiger partial charge in [-0.05, 0) is 15.1 Å². The fourth-order valence-corrected chi connectivity index (χ4v) is 16.8. The zero-order valence-electron chi connectivity index (χ0n) is 37.4. The molecular formula is C34H67N9O7S3Si3. The summed E-state index contributed by atoms with van der Waals surface area (Å²) in [4.78, 5) is 14.3. The topological polar surface area (TPSA) is 186 Å². The van der Waals surface area contributed by atoms with Crippen LogP contribution in [0.25, 0.3) is 0 Å². The van der Waals surface area contributed by atoms with Crippen molar-refractivity contribution in [3.8, 4) is 0 Å².